The number of likely N-dealkylation sites (tertiary alicyclic amines) is 2. The van der Waals surface area contributed by atoms with Crippen molar-refractivity contribution >= 4 is 5.78 Å². The predicted octanol–water partition coefficient (Wildman–Crippen LogP) is 0.720. The quantitative estimate of drug-likeness (QED) is 0.728. The second kappa shape index (κ2) is 7.50. The number of carbonyl (C=O) groups excluding carboxylic acids is 1. The van der Waals surface area contributed by atoms with Gasteiger partial charge in [0.2, 0.25) is 0 Å². The first-order chi connectivity index (χ1) is 9.63. The maximum absolute atomic E-state index is 11.2. The van der Waals surface area contributed by atoms with Gasteiger partial charge in [-0.15, -0.1) is 0 Å². The Labute approximate surface area is 121 Å². The van der Waals surface area contributed by atoms with Crippen molar-refractivity contribution in [3.05, 3.63) is 0 Å². The van der Waals surface area contributed by atoms with Crippen molar-refractivity contribution in [2.45, 2.75) is 32.6 Å². The highest BCUT2D eigenvalue weighted by molar-refractivity contribution is 5.77. The van der Waals surface area contributed by atoms with Crippen LogP contribution in [0.5, 0.6) is 0 Å². The van der Waals surface area contributed by atoms with Crippen molar-refractivity contribution < 1.29 is 14.6 Å². The molecule has 2 aliphatic rings. The highest BCUT2D eigenvalue weighted by Crippen LogP contribution is 2.41. The minimum atomic E-state index is 0.101. The molecule has 5 heteroatoms. The summed E-state index contributed by atoms with van der Waals surface area (Å²) in [5, 5.41) is 8.71. The van der Waals surface area contributed by atoms with E-state index in [1.165, 1.54) is 25.7 Å². The summed E-state index contributed by atoms with van der Waals surface area (Å²) in [6, 6.07) is 0. The van der Waals surface area contributed by atoms with Gasteiger partial charge in [0, 0.05) is 13.1 Å². The van der Waals surface area contributed by atoms with Crippen LogP contribution in [0.25, 0.3) is 0 Å². The maximum atomic E-state index is 11.2. The smallest absolute Gasteiger partial charge is 0.143 e. The molecule has 0 aromatic carbocycles. The molecule has 5 nitrogen and oxygen atoms in total. The largest absolute Gasteiger partial charge is 0.394 e. The molecule has 0 atom stereocenters. The summed E-state index contributed by atoms with van der Waals surface area (Å²) in [6.07, 6.45) is 4.93. The van der Waals surface area contributed by atoms with Crippen LogP contribution >= 0.6 is 0 Å². The van der Waals surface area contributed by atoms with Gasteiger partial charge in [-0.25, -0.2) is 0 Å². The second-order valence-electron chi connectivity index (χ2n) is 6.36. The summed E-state index contributed by atoms with van der Waals surface area (Å²) in [6.45, 7) is 7.81. The fourth-order valence-corrected chi connectivity index (χ4v) is 3.42. The first-order valence-corrected chi connectivity index (χ1v) is 7.76. The number of aliphatic hydroxyl groups excluding tert-OH is 1. The number of piperidine rings is 2. The maximum Gasteiger partial charge on any atom is 0.143 e. The van der Waals surface area contributed by atoms with Gasteiger partial charge in [-0.2, -0.15) is 0 Å². The molecule has 20 heavy (non-hydrogen) atoms. The number of hydrogen-bond donors (Lipinski definition) is 1. The van der Waals surface area contributed by atoms with Crippen molar-refractivity contribution in [1.82, 2.24) is 9.80 Å². The molecule has 1 N–H and O–H groups in total. The van der Waals surface area contributed by atoms with Gasteiger partial charge in [-0.1, -0.05) is 0 Å². The van der Waals surface area contributed by atoms with Crippen LogP contribution in [-0.2, 0) is 9.53 Å². The molecule has 2 heterocycles. The molecule has 0 bridgehead atoms. The van der Waals surface area contributed by atoms with Crippen LogP contribution in [0.2, 0.25) is 0 Å². The van der Waals surface area contributed by atoms with E-state index in [0.29, 0.717) is 25.3 Å². The van der Waals surface area contributed by atoms with Crippen LogP contribution in [0.15, 0.2) is 0 Å². The lowest BCUT2D eigenvalue weighted by atomic mass is 9.71. The summed E-state index contributed by atoms with van der Waals surface area (Å²) >= 11 is 0. The Morgan fingerprint density at radius 1 is 1.10 bits per heavy atom. The van der Waals surface area contributed by atoms with Gasteiger partial charge < -0.3 is 9.84 Å². The van der Waals surface area contributed by atoms with Crippen molar-refractivity contribution in [2.75, 3.05) is 52.7 Å². The zero-order valence-electron chi connectivity index (χ0n) is 12.6. The van der Waals surface area contributed by atoms with Crippen molar-refractivity contribution in [3.8, 4) is 0 Å². The summed E-state index contributed by atoms with van der Waals surface area (Å²) in [5.41, 5.74) is 0.501. The predicted molar refractivity (Wildman–Crippen MR) is 77.5 cm³/mol. The molecule has 0 aliphatic carbocycles. The number of hydrogen-bond acceptors (Lipinski definition) is 5. The van der Waals surface area contributed by atoms with Gasteiger partial charge in [-0.05, 0) is 51.1 Å². The van der Waals surface area contributed by atoms with Gasteiger partial charge in [0.05, 0.1) is 26.5 Å². The molecule has 0 amide bonds. The number of ketones is 1. The van der Waals surface area contributed by atoms with Gasteiger partial charge in [0.25, 0.3) is 0 Å². The monoisotopic (exact) mass is 284 g/mol. The summed E-state index contributed by atoms with van der Waals surface area (Å²) in [5.74, 6) is 0.275. The van der Waals surface area contributed by atoms with E-state index in [9.17, 15) is 4.79 Å². The van der Waals surface area contributed by atoms with Gasteiger partial charge in [0.15, 0.2) is 0 Å². The number of aliphatic hydroxyl groups is 1. The molecule has 0 aromatic heterocycles. The molecule has 0 unspecified atom stereocenters. The summed E-state index contributed by atoms with van der Waals surface area (Å²) < 4.78 is 5.39. The number of ether oxygens (including phenoxy) is 1. The van der Waals surface area contributed by atoms with Gasteiger partial charge in [0.1, 0.15) is 5.78 Å². The number of nitrogens with zero attached hydrogens (tertiary/aromatic N) is 2. The third-order valence-corrected chi connectivity index (χ3v) is 4.79. The van der Waals surface area contributed by atoms with Crippen LogP contribution < -0.4 is 0 Å². The molecule has 116 valence electrons. The standard InChI is InChI=1S/C15H28N2O3/c1-14(19)12-16-6-2-15(3-7-16)4-8-17(9-5-15)13-20-11-10-18/h18H,2-13H2,1H3. The average molecular weight is 284 g/mol. The molecule has 2 aliphatic heterocycles. The molecule has 0 radical (unpaired) electrons. The Kier molecular flexibility index (Phi) is 5.96. The average Bonchev–Trinajstić information content (AvgIpc) is 2.44. The lowest BCUT2D eigenvalue weighted by molar-refractivity contribution is -0.119. The van der Waals surface area contributed by atoms with Crippen molar-refractivity contribution in [3.63, 3.8) is 0 Å². The molecule has 1 spiro atoms. The van der Waals surface area contributed by atoms with Crippen molar-refractivity contribution in [1.29, 1.82) is 0 Å². The van der Waals surface area contributed by atoms with Crippen LogP contribution in [-0.4, -0.2) is 73.4 Å². The van der Waals surface area contributed by atoms with Crippen LogP contribution in [0.3, 0.4) is 0 Å². The Balaban J connectivity index is 1.69. The third kappa shape index (κ3) is 4.52. The Hall–Kier alpha value is -0.490. The van der Waals surface area contributed by atoms with E-state index in [0.717, 1.165) is 26.2 Å². The van der Waals surface area contributed by atoms with Crippen LogP contribution in [0.1, 0.15) is 32.6 Å². The fourth-order valence-electron chi connectivity index (χ4n) is 3.42. The molecular weight excluding hydrogens is 256 g/mol. The Morgan fingerprint density at radius 2 is 1.65 bits per heavy atom. The number of rotatable bonds is 6. The van der Waals surface area contributed by atoms with E-state index in [1.54, 1.807) is 6.92 Å². The molecule has 0 aromatic rings. The third-order valence-electron chi connectivity index (χ3n) is 4.79. The van der Waals surface area contributed by atoms with Gasteiger partial charge in [-0.3, -0.25) is 14.6 Å². The second-order valence-corrected chi connectivity index (χ2v) is 6.36. The first kappa shape index (κ1) is 15.9. The Morgan fingerprint density at radius 3 is 2.15 bits per heavy atom. The summed E-state index contributed by atoms with van der Waals surface area (Å²) in [7, 11) is 0. The molecule has 2 fully saturated rings. The lowest BCUT2D eigenvalue weighted by Gasteiger charge is -2.46. The van der Waals surface area contributed by atoms with Crippen LogP contribution in [0, 0.1) is 5.41 Å². The van der Waals surface area contributed by atoms with Crippen LogP contribution in [0.4, 0.5) is 0 Å². The van der Waals surface area contributed by atoms with E-state index in [4.69, 9.17) is 9.84 Å². The SMILES string of the molecule is CC(=O)CN1CCC2(CCN(COCCO)CC2)CC1. The highest BCUT2D eigenvalue weighted by Gasteiger charge is 2.37. The minimum Gasteiger partial charge on any atom is -0.394 e. The highest BCUT2D eigenvalue weighted by atomic mass is 16.5. The normalized spacial score (nSPS) is 24.1. The van der Waals surface area contributed by atoms with E-state index >= 15 is 0 Å². The zero-order valence-corrected chi connectivity index (χ0v) is 12.6. The van der Waals surface area contributed by atoms with E-state index in [-0.39, 0.29) is 12.4 Å². The molecule has 2 saturated heterocycles. The minimum absolute atomic E-state index is 0.101. The number of carbonyl (C=O) groups is 1. The topological polar surface area (TPSA) is 53.0 Å². The van der Waals surface area contributed by atoms with E-state index in [2.05, 4.69) is 9.80 Å². The number of Topliss-reactive ketones (excluding diaryl/α,β-unsaturated/α-hetero) is 1. The van der Waals surface area contributed by atoms with E-state index < -0.39 is 0 Å². The van der Waals surface area contributed by atoms with E-state index in [1.807, 2.05) is 0 Å². The van der Waals surface area contributed by atoms with Gasteiger partial charge >= 0.3 is 0 Å². The summed E-state index contributed by atoms with van der Waals surface area (Å²) in [4.78, 5) is 15.8. The molecule has 0 saturated carbocycles. The molecular formula is C15H28N2O3. The molecule has 2 rings (SSSR count). The first-order valence-electron chi connectivity index (χ1n) is 7.76. The lowest BCUT2D eigenvalue weighted by Crippen LogP contribution is -2.48. The fraction of sp³-hybridized carbons (Fsp3) is 0.933. The Bertz CT molecular complexity index is 304. The zero-order chi connectivity index (χ0) is 14.4. The van der Waals surface area contributed by atoms with Crippen molar-refractivity contribution in [2.24, 2.45) is 5.41 Å².